The number of hydrogen-bond acceptors (Lipinski definition) is 3. The maximum atomic E-state index is 11.9. The predicted molar refractivity (Wildman–Crippen MR) is 87.6 cm³/mol. The van der Waals surface area contributed by atoms with Gasteiger partial charge in [0, 0.05) is 30.5 Å². The Bertz CT molecular complexity index is 322. The Morgan fingerprint density at radius 3 is 2.24 bits per heavy atom. The van der Waals surface area contributed by atoms with Gasteiger partial charge in [-0.05, 0) is 41.2 Å². The van der Waals surface area contributed by atoms with Crippen LogP contribution >= 0.6 is 0 Å². The first-order valence-electron chi connectivity index (χ1n) is 8.37. The van der Waals surface area contributed by atoms with E-state index in [0.29, 0.717) is 0 Å². The molecule has 0 bridgehead atoms. The Labute approximate surface area is 130 Å². The second kappa shape index (κ2) is 7.48. The van der Waals surface area contributed by atoms with Gasteiger partial charge in [0.1, 0.15) is 6.10 Å². The number of nitrogens with one attached hydrogen (secondary N) is 1. The number of carbonyl (C=O) groups excluding carboxylic acids is 1. The third kappa shape index (κ3) is 5.50. The number of hydrogen-bond donors (Lipinski definition) is 1. The molecule has 4 nitrogen and oxygen atoms in total. The van der Waals surface area contributed by atoms with Crippen molar-refractivity contribution in [3.05, 3.63) is 0 Å². The molecule has 1 heterocycles. The van der Waals surface area contributed by atoms with E-state index in [9.17, 15) is 4.79 Å². The van der Waals surface area contributed by atoms with Crippen LogP contribution < -0.4 is 5.32 Å². The maximum Gasteiger partial charge on any atom is 0.407 e. The monoisotopic (exact) mass is 298 g/mol. The Morgan fingerprint density at radius 1 is 1.14 bits per heavy atom. The Morgan fingerprint density at radius 2 is 1.71 bits per heavy atom. The molecule has 0 spiro atoms. The van der Waals surface area contributed by atoms with E-state index < -0.39 is 0 Å². The summed E-state index contributed by atoms with van der Waals surface area (Å²) in [4.78, 5) is 14.3. The SMILES string of the molecule is CCCCCCNC(=O)OC1CC(C)(C)N(C)C(C)(C)C1. The van der Waals surface area contributed by atoms with Crippen molar-refractivity contribution in [2.24, 2.45) is 0 Å². The molecule has 1 aliphatic rings. The summed E-state index contributed by atoms with van der Waals surface area (Å²) in [6.07, 6.45) is 6.16. The highest BCUT2D eigenvalue weighted by Gasteiger charge is 2.44. The molecule has 0 atom stereocenters. The number of amides is 1. The molecule has 0 aromatic carbocycles. The molecule has 4 heteroatoms. The standard InChI is InChI=1S/C17H34N2O2/c1-7-8-9-10-11-18-15(20)21-14-12-16(2,3)19(6)17(4,5)13-14/h14H,7-13H2,1-6H3,(H,18,20). The van der Waals surface area contributed by atoms with Crippen LogP contribution in [0.1, 0.15) is 73.1 Å². The molecule has 21 heavy (non-hydrogen) atoms. The molecular weight excluding hydrogens is 264 g/mol. The van der Waals surface area contributed by atoms with Crippen LogP contribution in [0.2, 0.25) is 0 Å². The molecule has 0 saturated carbocycles. The van der Waals surface area contributed by atoms with Gasteiger partial charge in [0.2, 0.25) is 0 Å². The minimum Gasteiger partial charge on any atom is -0.446 e. The topological polar surface area (TPSA) is 41.6 Å². The lowest BCUT2D eigenvalue weighted by atomic mass is 9.79. The van der Waals surface area contributed by atoms with E-state index >= 15 is 0 Å². The summed E-state index contributed by atoms with van der Waals surface area (Å²) in [6, 6.07) is 0. The van der Waals surface area contributed by atoms with E-state index in [2.05, 4.69) is 51.9 Å². The Kier molecular flexibility index (Phi) is 6.51. The molecule has 0 aromatic heterocycles. The summed E-state index contributed by atoms with van der Waals surface area (Å²) in [6.45, 7) is 11.8. The van der Waals surface area contributed by atoms with Crippen LogP contribution in [0.15, 0.2) is 0 Å². The summed E-state index contributed by atoms with van der Waals surface area (Å²) in [5.74, 6) is 0. The molecule has 124 valence electrons. The van der Waals surface area contributed by atoms with Crippen molar-refractivity contribution in [2.75, 3.05) is 13.6 Å². The fraction of sp³-hybridized carbons (Fsp3) is 0.941. The maximum absolute atomic E-state index is 11.9. The quantitative estimate of drug-likeness (QED) is 0.755. The lowest BCUT2D eigenvalue weighted by Gasteiger charge is -2.53. The smallest absolute Gasteiger partial charge is 0.407 e. The second-order valence-electron chi connectivity index (χ2n) is 7.61. The summed E-state index contributed by atoms with van der Waals surface area (Å²) in [7, 11) is 2.16. The van der Waals surface area contributed by atoms with Crippen molar-refractivity contribution >= 4 is 6.09 Å². The average Bonchev–Trinajstić information content (AvgIpc) is 2.35. The van der Waals surface area contributed by atoms with Crippen molar-refractivity contribution in [1.82, 2.24) is 10.2 Å². The van der Waals surface area contributed by atoms with E-state index in [4.69, 9.17) is 4.74 Å². The Balaban J connectivity index is 2.39. The molecule has 0 aromatic rings. The number of piperidine rings is 1. The first kappa shape index (κ1) is 18.3. The Hall–Kier alpha value is -0.770. The molecule has 1 amide bonds. The number of unbranched alkanes of at least 4 members (excludes halogenated alkanes) is 3. The van der Waals surface area contributed by atoms with Crippen LogP contribution in [0, 0.1) is 0 Å². The molecular formula is C17H34N2O2. The predicted octanol–water partition coefficient (Wildman–Crippen LogP) is 3.94. The fourth-order valence-corrected chi connectivity index (χ4v) is 3.30. The van der Waals surface area contributed by atoms with Crippen LogP contribution in [-0.2, 0) is 4.74 Å². The summed E-state index contributed by atoms with van der Waals surface area (Å²) >= 11 is 0. The van der Waals surface area contributed by atoms with Gasteiger partial charge in [-0.15, -0.1) is 0 Å². The third-order valence-electron chi connectivity index (χ3n) is 4.84. The zero-order chi connectivity index (χ0) is 16.1. The minimum atomic E-state index is -0.257. The number of likely N-dealkylation sites (tertiary alicyclic amines) is 1. The van der Waals surface area contributed by atoms with E-state index in [0.717, 1.165) is 25.8 Å². The number of carbonyl (C=O) groups is 1. The summed E-state index contributed by atoms with van der Waals surface area (Å²) in [5, 5.41) is 2.88. The normalized spacial score (nSPS) is 22.0. The van der Waals surface area contributed by atoms with Gasteiger partial charge in [0.15, 0.2) is 0 Å². The van der Waals surface area contributed by atoms with E-state index in [1.54, 1.807) is 0 Å². The van der Waals surface area contributed by atoms with Crippen LogP contribution in [0.5, 0.6) is 0 Å². The molecule has 1 saturated heterocycles. The van der Waals surface area contributed by atoms with Crippen LogP contribution in [0.25, 0.3) is 0 Å². The molecule has 0 radical (unpaired) electrons. The van der Waals surface area contributed by atoms with E-state index in [1.165, 1.54) is 19.3 Å². The lowest BCUT2D eigenvalue weighted by molar-refractivity contribution is -0.0680. The molecule has 1 aliphatic heterocycles. The van der Waals surface area contributed by atoms with Gasteiger partial charge >= 0.3 is 6.09 Å². The zero-order valence-corrected chi connectivity index (χ0v) is 14.8. The van der Waals surface area contributed by atoms with Gasteiger partial charge < -0.3 is 10.1 Å². The number of nitrogens with zero attached hydrogens (tertiary/aromatic N) is 1. The van der Waals surface area contributed by atoms with Crippen molar-refractivity contribution in [2.45, 2.75) is 90.3 Å². The van der Waals surface area contributed by atoms with Crippen LogP contribution in [0.4, 0.5) is 4.79 Å². The van der Waals surface area contributed by atoms with Crippen molar-refractivity contribution < 1.29 is 9.53 Å². The average molecular weight is 298 g/mol. The number of ether oxygens (including phenoxy) is 1. The molecule has 1 N–H and O–H groups in total. The first-order valence-corrected chi connectivity index (χ1v) is 8.37. The van der Waals surface area contributed by atoms with E-state index in [1.807, 2.05) is 0 Å². The molecule has 0 unspecified atom stereocenters. The van der Waals surface area contributed by atoms with Gasteiger partial charge in [-0.25, -0.2) is 4.79 Å². The van der Waals surface area contributed by atoms with E-state index in [-0.39, 0.29) is 23.3 Å². The first-order chi connectivity index (χ1) is 9.69. The lowest BCUT2D eigenvalue weighted by Crippen LogP contribution is -2.60. The zero-order valence-electron chi connectivity index (χ0n) is 14.8. The molecule has 1 fully saturated rings. The highest BCUT2D eigenvalue weighted by molar-refractivity contribution is 5.67. The van der Waals surface area contributed by atoms with Crippen molar-refractivity contribution in [1.29, 1.82) is 0 Å². The van der Waals surface area contributed by atoms with Crippen molar-refractivity contribution in [3.63, 3.8) is 0 Å². The number of rotatable bonds is 6. The largest absolute Gasteiger partial charge is 0.446 e. The van der Waals surface area contributed by atoms with Gasteiger partial charge in [-0.1, -0.05) is 26.2 Å². The molecule has 0 aliphatic carbocycles. The fourth-order valence-electron chi connectivity index (χ4n) is 3.30. The third-order valence-corrected chi connectivity index (χ3v) is 4.84. The minimum absolute atomic E-state index is 0.00171. The van der Waals surface area contributed by atoms with Gasteiger partial charge in [-0.2, -0.15) is 0 Å². The number of alkyl carbamates (subject to hydrolysis) is 1. The molecule has 1 rings (SSSR count). The highest BCUT2D eigenvalue weighted by atomic mass is 16.6. The summed E-state index contributed by atoms with van der Waals surface area (Å²) < 4.78 is 5.64. The van der Waals surface area contributed by atoms with Crippen LogP contribution in [0.3, 0.4) is 0 Å². The van der Waals surface area contributed by atoms with Gasteiger partial charge in [0.25, 0.3) is 0 Å². The summed E-state index contributed by atoms with van der Waals surface area (Å²) in [5.41, 5.74) is 0.0989. The van der Waals surface area contributed by atoms with Crippen molar-refractivity contribution in [3.8, 4) is 0 Å². The van der Waals surface area contributed by atoms with Crippen LogP contribution in [-0.4, -0.2) is 41.8 Å². The van der Waals surface area contributed by atoms with Gasteiger partial charge in [0.05, 0.1) is 0 Å². The second-order valence-corrected chi connectivity index (χ2v) is 7.61. The highest BCUT2D eigenvalue weighted by Crippen LogP contribution is 2.38. The van der Waals surface area contributed by atoms with Gasteiger partial charge in [-0.3, -0.25) is 4.90 Å².